The second-order valence-corrected chi connectivity index (χ2v) is 13.7. The molecule has 252 valence electrons. The number of hydrogen-bond donors (Lipinski definition) is 1. The Morgan fingerprint density at radius 2 is 1.94 bits per heavy atom. The molecule has 5 aromatic rings. The quantitative estimate of drug-likeness (QED) is 0.206. The Balaban J connectivity index is 1.43. The number of pyridine rings is 1. The number of aryl methyl sites for hydroxylation is 2. The number of nitriles is 1. The van der Waals surface area contributed by atoms with E-state index in [2.05, 4.69) is 47.0 Å². The Morgan fingerprint density at radius 3 is 2.67 bits per heavy atom. The van der Waals surface area contributed by atoms with Gasteiger partial charge in [0.15, 0.2) is 5.82 Å². The number of likely N-dealkylation sites (tertiary alicyclic amines) is 2. The molecule has 5 heterocycles. The fraction of sp³-hybridized carbons (Fsp3) is 0.447. The van der Waals surface area contributed by atoms with Gasteiger partial charge in [0.2, 0.25) is 5.88 Å². The van der Waals surface area contributed by atoms with Crippen LogP contribution in [0.3, 0.4) is 0 Å². The van der Waals surface area contributed by atoms with Crippen molar-refractivity contribution in [1.29, 1.82) is 5.26 Å². The van der Waals surface area contributed by atoms with Crippen molar-refractivity contribution in [3.05, 3.63) is 47.0 Å². The van der Waals surface area contributed by atoms with Gasteiger partial charge in [0.25, 0.3) is 5.91 Å². The highest BCUT2D eigenvalue weighted by atomic mass is 19.1. The summed E-state index contributed by atoms with van der Waals surface area (Å²) in [6, 6.07) is 6.06. The molecule has 0 spiro atoms. The van der Waals surface area contributed by atoms with Crippen LogP contribution in [0, 0.1) is 49.8 Å². The van der Waals surface area contributed by atoms with Crippen LogP contribution in [0.15, 0.2) is 24.5 Å². The summed E-state index contributed by atoms with van der Waals surface area (Å²) in [5.41, 5.74) is 5.88. The van der Waals surface area contributed by atoms with E-state index in [0.29, 0.717) is 41.6 Å². The maximum atomic E-state index is 17.3. The normalized spacial score (nSPS) is 20.4. The second-order valence-electron chi connectivity index (χ2n) is 13.7. The van der Waals surface area contributed by atoms with Crippen molar-refractivity contribution >= 4 is 38.6 Å². The first-order valence-electron chi connectivity index (χ1n) is 17.0. The number of hydrogen-bond acceptors (Lipinski definition) is 7. The third-order valence-electron chi connectivity index (χ3n) is 10.7. The Bertz CT molecular complexity index is 2220. The van der Waals surface area contributed by atoms with E-state index >= 15 is 4.39 Å². The first-order valence-corrected chi connectivity index (χ1v) is 17.0. The number of aromatic nitrogens is 5. The summed E-state index contributed by atoms with van der Waals surface area (Å²) in [5.74, 6) is 4.99. The summed E-state index contributed by atoms with van der Waals surface area (Å²) in [5, 5.41) is 24.1. The zero-order valence-electron chi connectivity index (χ0n) is 28.9. The van der Waals surface area contributed by atoms with Crippen LogP contribution in [-0.4, -0.2) is 79.0 Å². The first kappa shape index (κ1) is 32.5. The molecule has 2 aromatic carbocycles. The van der Waals surface area contributed by atoms with Gasteiger partial charge >= 0.3 is 0 Å². The maximum Gasteiger partial charge on any atom is 0.298 e. The van der Waals surface area contributed by atoms with Crippen molar-refractivity contribution in [2.24, 2.45) is 0 Å². The summed E-state index contributed by atoms with van der Waals surface area (Å²) >= 11 is 0. The number of amides is 1. The van der Waals surface area contributed by atoms with Gasteiger partial charge in [-0.25, -0.2) is 9.37 Å². The number of aromatic amines is 1. The zero-order chi connectivity index (χ0) is 34.6. The summed E-state index contributed by atoms with van der Waals surface area (Å²) in [4.78, 5) is 21.8. The molecule has 7 rings (SSSR count). The minimum Gasteiger partial charge on any atom is -0.472 e. The molecule has 3 aromatic heterocycles. The molecule has 11 heteroatoms. The van der Waals surface area contributed by atoms with Gasteiger partial charge in [-0.1, -0.05) is 5.92 Å². The lowest BCUT2D eigenvalue weighted by Gasteiger charge is -2.37. The Morgan fingerprint density at radius 1 is 1.12 bits per heavy atom. The third-order valence-corrected chi connectivity index (χ3v) is 10.7. The van der Waals surface area contributed by atoms with Crippen molar-refractivity contribution in [2.45, 2.75) is 91.0 Å². The SMILES string of the molecule is CC#CC(=O)N1CC[C@H](n2ncc3c(O[C@@H](C)C4CCCN4C)nc4c(F)c(-c5c(C)c(C)cc6[nH]ncc56)c(C)cc4c32)C[C@H]1CC#N. The molecule has 49 heavy (non-hydrogen) atoms. The van der Waals surface area contributed by atoms with Gasteiger partial charge < -0.3 is 9.64 Å². The Kier molecular flexibility index (Phi) is 8.50. The number of nitrogens with one attached hydrogen (secondary N) is 1. The van der Waals surface area contributed by atoms with Crippen LogP contribution in [0.4, 0.5) is 4.39 Å². The van der Waals surface area contributed by atoms with Crippen molar-refractivity contribution < 1.29 is 13.9 Å². The number of nitrogens with zero attached hydrogens (tertiary/aromatic N) is 7. The van der Waals surface area contributed by atoms with E-state index in [1.165, 1.54) is 0 Å². The molecule has 1 N–H and O–H groups in total. The molecular formula is C38H41FN8O2. The van der Waals surface area contributed by atoms with E-state index in [-0.39, 0.29) is 42.1 Å². The lowest BCUT2D eigenvalue weighted by atomic mass is 9.89. The molecule has 0 aliphatic carbocycles. The predicted molar refractivity (Wildman–Crippen MR) is 187 cm³/mol. The number of halogens is 1. The monoisotopic (exact) mass is 660 g/mol. The number of likely N-dealkylation sites (N-methyl/N-ethyl adjacent to an activating group) is 1. The second kappa shape index (κ2) is 12.8. The van der Waals surface area contributed by atoms with Gasteiger partial charge in [0, 0.05) is 35.0 Å². The smallest absolute Gasteiger partial charge is 0.298 e. The average Bonchev–Trinajstić information content (AvgIpc) is 3.84. The summed E-state index contributed by atoms with van der Waals surface area (Å²) in [6.45, 7) is 11.1. The number of fused-ring (bicyclic) bond motifs is 4. The minimum absolute atomic E-state index is 0.140. The average molecular weight is 661 g/mol. The minimum atomic E-state index is -0.419. The van der Waals surface area contributed by atoms with Crippen LogP contribution in [0.5, 0.6) is 5.88 Å². The van der Waals surface area contributed by atoms with E-state index in [0.717, 1.165) is 58.1 Å². The van der Waals surface area contributed by atoms with Crippen LogP contribution in [0.25, 0.3) is 43.8 Å². The lowest BCUT2D eigenvalue weighted by Crippen LogP contribution is -2.46. The summed E-state index contributed by atoms with van der Waals surface area (Å²) in [7, 11) is 2.11. The third kappa shape index (κ3) is 5.47. The fourth-order valence-electron chi connectivity index (χ4n) is 8.11. The molecule has 4 atom stereocenters. The summed E-state index contributed by atoms with van der Waals surface area (Å²) < 4.78 is 25.9. The number of benzene rings is 2. The predicted octanol–water partition coefficient (Wildman–Crippen LogP) is 6.52. The standard InChI is InChI=1S/C38H41FN8O2/c1-7-9-32(48)46-15-12-26(18-25(46)11-13-40)47-37-27-16-22(3)33(34-23(4)21(2)17-30-28(34)19-41-44-30)35(39)36(27)43-38(29(37)20-42-47)49-24(5)31-10-8-14-45(31)6/h16-17,19-20,24-26,31H,8,10-12,14-15,18H2,1-6H3,(H,41,44)/t24-,25+,26-,31?/m0/s1. The largest absolute Gasteiger partial charge is 0.472 e. The Hall–Kier alpha value is -5.00. The number of rotatable bonds is 6. The number of H-pyrrole nitrogens is 1. The number of piperidine rings is 1. The van der Waals surface area contributed by atoms with Gasteiger partial charge in [-0.15, -0.1) is 0 Å². The molecule has 0 radical (unpaired) electrons. The molecule has 2 aliphatic heterocycles. The maximum absolute atomic E-state index is 17.3. The highest BCUT2D eigenvalue weighted by Gasteiger charge is 2.35. The van der Waals surface area contributed by atoms with Crippen molar-refractivity contribution in [1.82, 2.24) is 34.8 Å². The topological polar surface area (TPSA) is 116 Å². The summed E-state index contributed by atoms with van der Waals surface area (Å²) in [6.07, 6.45) is 6.76. The molecule has 1 amide bonds. The van der Waals surface area contributed by atoms with E-state index in [4.69, 9.17) is 14.8 Å². The molecular weight excluding hydrogens is 619 g/mol. The number of carbonyl (C=O) groups is 1. The van der Waals surface area contributed by atoms with Crippen molar-refractivity contribution in [3.8, 4) is 34.9 Å². The molecule has 2 saturated heterocycles. The van der Waals surface area contributed by atoms with Crippen LogP contribution < -0.4 is 4.74 Å². The molecule has 0 bridgehead atoms. The van der Waals surface area contributed by atoms with Gasteiger partial charge in [-0.2, -0.15) is 15.5 Å². The van der Waals surface area contributed by atoms with Gasteiger partial charge in [0.1, 0.15) is 11.6 Å². The van der Waals surface area contributed by atoms with Crippen LogP contribution in [0.2, 0.25) is 0 Å². The van der Waals surface area contributed by atoms with E-state index in [1.54, 1.807) is 24.2 Å². The van der Waals surface area contributed by atoms with Crippen molar-refractivity contribution in [2.75, 3.05) is 20.1 Å². The van der Waals surface area contributed by atoms with Crippen molar-refractivity contribution in [3.63, 3.8) is 0 Å². The van der Waals surface area contributed by atoms with Crippen LogP contribution in [0.1, 0.15) is 68.7 Å². The van der Waals surface area contributed by atoms with Gasteiger partial charge in [0.05, 0.1) is 47.3 Å². The molecule has 2 aliphatic rings. The molecule has 2 fully saturated rings. The number of carbonyl (C=O) groups excluding carboxylic acids is 1. The Labute approximate surface area is 285 Å². The van der Waals surface area contributed by atoms with E-state index in [9.17, 15) is 10.1 Å². The van der Waals surface area contributed by atoms with Crippen LogP contribution >= 0.6 is 0 Å². The highest BCUT2D eigenvalue weighted by Crippen LogP contribution is 2.43. The lowest BCUT2D eigenvalue weighted by molar-refractivity contribution is -0.129. The van der Waals surface area contributed by atoms with Gasteiger partial charge in [-0.05, 0) is 114 Å². The fourth-order valence-corrected chi connectivity index (χ4v) is 8.11. The first-order chi connectivity index (χ1) is 23.6. The van der Waals surface area contributed by atoms with Crippen LogP contribution in [-0.2, 0) is 4.79 Å². The number of ether oxygens (including phenoxy) is 1. The van der Waals surface area contributed by atoms with E-state index < -0.39 is 5.82 Å². The molecule has 1 unspecified atom stereocenters. The zero-order valence-corrected chi connectivity index (χ0v) is 28.9. The van der Waals surface area contributed by atoms with E-state index in [1.807, 2.05) is 37.6 Å². The highest BCUT2D eigenvalue weighted by molar-refractivity contribution is 6.09. The molecule has 10 nitrogen and oxygen atoms in total. The molecule has 0 saturated carbocycles. The van der Waals surface area contributed by atoms with Gasteiger partial charge in [-0.3, -0.25) is 19.5 Å².